The molecule has 0 saturated carbocycles. The first-order valence-corrected chi connectivity index (χ1v) is 6.72. The van der Waals surface area contributed by atoms with E-state index in [1.54, 1.807) is 0 Å². The topological polar surface area (TPSA) is 28.2 Å². The first-order chi connectivity index (χ1) is 8.28. The van der Waals surface area contributed by atoms with Gasteiger partial charge in [0, 0.05) is 25.3 Å². The largest absolute Gasteiger partial charge is 0.313 e. The average Bonchev–Trinajstić information content (AvgIpc) is 2.84. The zero-order chi connectivity index (χ0) is 12.1. The smallest absolute Gasteiger partial charge is 0.129 e. The summed E-state index contributed by atoms with van der Waals surface area (Å²) < 4.78 is 0. The van der Waals surface area contributed by atoms with Crippen molar-refractivity contribution in [2.24, 2.45) is 0 Å². The molecule has 0 radical (unpaired) electrons. The van der Waals surface area contributed by atoms with Crippen molar-refractivity contribution in [3.63, 3.8) is 0 Å². The van der Waals surface area contributed by atoms with Gasteiger partial charge < -0.3 is 5.32 Å². The van der Waals surface area contributed by atoms with Gasteiger partial charge in [-0.2, -0.15) is 0 Å². The summed E-state index contributed by atoms with van der Waals surface area (Å²) in [6.45, 7) is 6.53. The van der Waals surface area contributed by atoms with Gasteiger partial charge in [0.1, 0.15) is 5.15 Å². The molecular weight excluding hydrogens is 234 g/mol. The van der Waals surface area contributed by atoms with Gasteiger partial charge in [0.15, 0.2) is 0 Å². The zero-order valence-corrected chi connectivity index (χ0v) is 11.1. The highest BCUT2D eigenvalue weighted by Gasteiger charge is 2.17. The lowest BCUT2D eigenvalue weighted by molar-refractivity contribution is 0.253. The third kappa shape index (κ3) is 3.95. The normalized spacial score (nSPS) is 20.1. The molecule has 4 heteroatoms. The zero-order valence-electron chi connectivity index (χ0n) is 10.3. The summed E-state index contributed by atoms with van der Waals surface area (Å²) in [6.07, 6.45) is 4.48. The van der Waals surface area contributed by atoms with Gasteiger partial charge in [-0.25, -0.2) is 4.98 Å². The molecular formula is C13H20ClN3. The molecule has 17 heavy (non-hydrogen) atoms. The Labute approximate surface area is 108 Å². The Bertz CT molecular complexity index is 333. The fourth-order valence-corrected chi connectivity index (χ4v) is 2.40. The SMILES string of the molecule is CCN(Cc1ccc(Cl)nc1)CC1CCCN1. The summed E-state index contributed by atoms with van der Waals surface area (Å²) in [6, 6.07) is 4.58. The van der Waals surface area contributed by atoms with Crippen molar-refractivity contribution in [3.8, 4) is 0 Å². The van der Waals surface area contributed by atoms with Crippen LogP contribution >= 0.6 is 11.6 Å². The molecule has 1 N–H and O–H groups in total. The molecule has 0 spiro atoms. The Balaban J connectivity index is 1.87. The lowest BCUT2D eigenvalue weighted by Gasteiger charge is -2.24. The number of nitrogens with zero attached hydrogens (tertiary/aromatic N) is 2. The third-order valence-electron chi connectivity index (χ3n) is 3.28. The van der Waals surface area contributed by atoms with Crippen molar-refractivity contribution in [2.45, 2.75) is 32.4 Å². The number of halogens is 1. The van der Waals surface area contributed by atoms with Crippen molar-refractivity contribution in [1.29, 1.82) is 0 Å². The lowest BCUT2D eigenvalue weighted by Crippen LogP contribution is -2.37. The van der Waals surface area contributed by atoms with Crippen LogP contribution in [0.2, 0.25) is 5.15 Å². The second-order valence-corrected chi connectivity index (χ2v) is 5.00. The van der Waals surface area contributed by atoms with Crippen LogP contribution in [0.15, 0.2) is 18.3 Å². The van der Waals surface area contributed by atoms with Crippen molar-refractivity contribution in [2.75, 3.05) is 19.6 Å². The molecule has 1 saturated heterocycles. The summed E-state index contributed by atoms with van der Waals surface area (Å²) in [5.41, 5.74) is 1.23. The van der Waals surface area contributed by atoms with E-state index in [1.165, 1.54) is 24.9 Å². The Morgan fingerprint density at radius 3 is 3.00 bits per heavy atom. The average molecular weight is 254 g/mol. The van der Waals surface area contributed by atoms with E-state index in [4.69, 9.17) is 11.6 Å². The number of nitrogens with one attached hydrogen (secondary N) is 1. The van der Waals surface area contributed by atoms with Crippen molar-refractivity contribution < 1.29 is 0 Å². The maximum absolute atomic E-state index is 5.78. The van der Waals surface area contributed by atoms with Crippen LogP contribution in [-0.2, 0) is 6.54 Å². The quantitative estimate of drug-likeness (QED) is 0.817. The molecule has 1 aliphatic heterocycles. The van der Waals surface area contributed by atoms with Crippen LogP contribution in [0.3, 0.4) is 0 Å². The maximum atomic E-state index is 5.78. The maximum Gasteiger partial charge on any atom is 0.129 e. The Kier molecular flexibility index (Phi) is 4.77. The summed E-state index contributed by atoms with van der Waals surface area (Å²) in [7, 11) is 0. The highest BCUT2D eigenvalue weighted by molar-refractivity contribution is 6.29. The minimum absolute atomic E-state index is 0.564. The van der Waals surface area contributed by atoms with Crippen LogP contribution in [0.1, 0.15) is 25.3 Å². The number of aromatic nitrogens is 1. The number of pyridine rings is 1. The van der Waals surface area contributed by atoms with E-state index in [2.05, 4.69) is 28.2 Å². The number of hydrogen-bond donors (Lipinski definition) is 1. The van der Waals surface area contributed by atoms with Gasteiger partial charge in [-0.1, -0.05) is 24.6 Å². The van der Waals surface area contributed by atoms with Crippen LogP contribution in [-0.4, -0.2) is 35.6 Å². The molecule has 0 amide bonds. The second-order valence-electron chi connectivity index (χ2n) is 4.61. The second kappa shape index (κ2) is 6.34. The summed E-state index contributed by atoms with van der Waals surface area (Å²) in [5, 5.41) is 4.10. The van der Waals surface area contributed by atoms with Crippen molar-refractivity contribution in [3.05, 3.63) is 29.0 Å². The number of hydrogen-bond acceptors (Lipinski definition) is 3. The third-order valence-corrected chi connectivity index (χ3v) is 3.51. The molecule has 1 aliphatic rings. The molecule has 1 atom stereocenters. The van der Waals surface area contributed by atoms with E-state index in [-0.39, 0.29) is 0 Å². The van der Waals surface area contributed by atoms with Crippen LogP contribution in [0, 0.1) is 0 Å². The fraction of sp³-hybridized carbons (Fsp3) is 0.615. The molecule has 3 nitrogen and oxygen atoms in total. The van der Waals surface area contributed by atoms with Crippen molar-refractivity contribution in [1.82, 2.24) is 15.2 Å². The molecule has 1 unspecified atom stereocenters. The van der Waals surface area contributed by atoms with Gasteiger partial charge in [-0.05, 0) is 37.6 Å². The summed E-state index contributed by atoms with van der Waals surface area (Å²) in [5.74, 6) is 0. The van der Waals surface area contributed by atoms with E-state index >= 15 is 0 Å². The van der Waals surface area contributed by atoms with Gasteiger partial charge in [0.25, 0.3) is 0 Å². The van der Waals surface area contributed by atoms with Gasteiger partial charge in [-0.15, -0.1) is 0 Å². The first kappa shape index (κ1) is 12.8. The van der Waals surface area contributed by atoms with Crippen molar-refractivity contribution >= 4 is 11.6 Å². The molecule has 94 valence electrons. The molecule has 0 aromatic carbocycles. The minimum Gasteiger partial charge on any atom is -0.313 e. The molecule has 0 aliphatic carbocycles. The monoisotopic (exact) mass is 253 g/mol. The van der Waals surface area contributed by atoms with Crippen LogP contribution in [0.4, 0.5) is 0 Å². The first-order valence-electron chi connectivity index (χ1n) is 6.34. The van der Waals surface area contributed by atoms with E-state index < -0.39 is 0 Å². The van der Waals surface area contributed by atoms with Gasteiger partial charge >= 0.3 is 0 Å². The van der Waals surface area contributed by atoms with E-state index in [9.17, 15) is 0 Å². The molecule has 2 rings (SSSR count). The molecule has 2 heterocycles. The fourth-order valence-electron chi connectivity index (χ4n) is 2.29. The molecule has 0 bridgehead atoms. The minimum atomic E-state index is 0.564. The van der Waals surface area contributed by atoms with Gasteiger partial charge in [0.05, 0.1) is 0 Å². The van der Waals surface area contributed by atoms with E-state index in [0.29, 0.717) is 11.2 Å². The van der Waals surface area contributed by atoms with E-state index in [0.717, 1.165) is 19.6 Å². The summed E-state index contributed by atoms with van der Waals surface area (Å²) in [4.78, 5) is 6.57. The van der Waals surface area contributed by atoms with Crippen LogP contribution in [0.5, 0.6) is 0 Å². The van der Waals surface area contributed by atoms with Crippen LogP contribution < -0.4 is 5.32 Å². The number of rotatable bonds is 5. The Morgan fingerprint density at radius 1 is 1.53 bits per heavy atom. The standard InChI is InChI=1S/C13H20ClN3/c1-2-17(10-12-4-3-7-15-12)9-11-5-6-13(14)16-8-11/h5-6,8,12,15H,2-4,7,9-10H2,1H3. The Hall–Kier alpha value is -0.640. The van der Waals surface area contributed by atoms with Crippen LogP contribution in [0.25, 0.3) is 0 Å². The highest BCUT2D eigenvalue weighted by atomic mass is 35.5. The van der Waals surface area contributed by atoms with Gasteiger partial charge in [0.2, 0.25) is 0 Å². The molecule has 1 aromatic heterocycles. The summed E-state index contributed by atoms with van der Waals surface area (Å²) >= 11 is 5.78. The Morgan fingerprint density at radius 2 is 2.41 bits per heavy atom. The molecule has 1 fully saturated rings. The predicted octanol–water partition coefficient (Wildman–Crippen LogP) is 2.31. The highest BCUT2D eigenvalue weighted by Crippen LogP contribution is 2.11. The number of likely N-dealkylation sites (N-methyl/N-ethyl adjacent to an activating group) is 1. The lowest BCUT2D eigenvalue weighted by atomic mass is 10.2. The van der Waals surface area contributed by atoms with Gasteiger partial charge in [-0.3, -0.25) is 4.90 Å². The van der Waals surface area contributed by atoms with E-state index in [1.807, 2.05) is 12.3 Å². The molecule has 1 aromatic rings. The predicted molar refractivity (Wildman–Crippen MR) is 71.2 cm³/mol.